The molecule has 0 aliphatic carbocycles. The molecule has 1 heterocycles. The van der Waals surface area contributed by atoms with Crippen LogP contribution in [0.5, 0.6) is 0 Å². The molecule has 0 amide bonds. The fourth-order valence-electron chi connectivity index (χ4n) is 1.98. The molecule has 0 saturated heterocycles. The average Bonchev–Trinajstić information content (AvgIpc) is 2.68. The Hall–Kier alpha value is -1.39. The molecule has 1 atom stereocenters. The van der Waals surface area contributed by atoms with Gasteiger partial charge in [0.15, 0.2) is 0 Å². The molecule has 0 bridgehead atoms. The molecule has 2 aromatic rings. The van der Waals surface area contributed by atoms with E-state index in [9.17, 15) is 0 Å². The van der Waals surface area contributed by atoms with Crippen LogP contribution in [0.15, 0.2) is 24.3 Å². The molecular weight excluding hydrogens is 214 g/mol. The van der Waals surface area contributed by atoms with Crippen molar-refractivity contribution in [1.82, 2.24) is 9.55 Å². The molecule has 0 aliphatic heterocycles. The number of hydrogen-bond donors (Lipinski definition) is 1. The molecule has 0 radical (unpaired) electrons. The molecule has 92 valence electrons. The molecule has 1 aromatic heterocycles. The van der Waals surface area contributed by atoms with Crippen LogP contribution in [0.25, 0.3) is 11.0 Å². The number of nitrogens with two attached hydrogens (primary N) is 1. The van der Waals surface area contributed by atoms with Crippen molar-refractivity contribution in [1.29, 1.82) is 0 Å². The summed E-state index contributed by atoms with van der Waals surface area (Å²) in [5.41, 5.74) is 7.81. The highest BCUT2D eigenvalue weighted by atomic mass is 16.5. The summed E-state index contributed by atoms with van der Waals surface area (Å²) in [6.07, 6.45) is 0.967. The topological polar surface area (TPSA) is 53.1 Å². The quantitative estimate of drug-likeness (QED) is 0.853. The number of aromatic nitrogens is 2. The molecule has 17 heavy (non-hydrogen) atoms. The first kappa shape index (κ1) is 12.1. The molecule has 4 heteroatoms. The van der Waals surface area contributed by atoms with Gasteiger partial charge in [-0.3, -0.25) is 0 Å². The van der Waals surface area contributed by atoms with E-state index >= 15 is 0 Å². The lowest BCUT2D eigenvalue weighted by molar-refractivity contribution is 0.103. The minimum absolute atomic E-state index is 0.170. The van der Waals surface area contributed by atoms with Crippen LogP contribution in [0.2, 0.25) is 0 Å². The minimum atomic E-state index is 0.170. The number of rotatable bonds is 5. The number of hydrogen-bond acceptors (Lipinski definition) is 3. The Kier molecular flexibility index (Phi) is 3.76. The highest BCUT2D eigenvalue weighted by Gasteiger charge is 2.11. The van der Waals surface area contributed by atoms with Gasteiger partial charge in [0.25, 0.3) is 0 Å². The number of methoxy groups -OCH3 is 1. The second kappa shape index (κ2) is 5.29. The van der Waals surface area contributed by atoms with Crippen molar-refractivity contribution in [2.75, 3.05) is 13.7 Å². The largest absolute Gasteiger partial charge is 0.380 e. The van der Waals surface area contributed by atoms with Crippen molar-refractivity contribution < 1.29 is 4.74 Å². The maximum atomic E-state index is 5.63. The summed E-state index contributed by atoms with van der Waals surface area (Å²) in [4.78, 5) is 4.62. The van der Waals surface area contributed by atoms with E-state index in [4.69, 9.17) is 10.5 Å². The van der Waals surface area contributed by atoms with Crippen molar-refractivity contribution in [3.8, 4) is 0 Å². The van der Waals surface area contributed by atoms with Crippen molar-refractivity contribution in [2.45, 2.75) is 26.0 Å². The van der Waals surface area contributed by atoms with Crippen LogP contribution in [-0.2, 0) is 17.7 Å². The van der Waals surface area contributed by atoms with E-state index in [0.717, 1.165) is 29.8 Å². The molecule has 2 N–H and O–H groups in total. The number of fused-ring (bicyclic) bond motifs is 1. The molecule has 0 aliphatic rings. The third-order valence-corrected chi connectivity index (χ3v) is 2.94. The van der Waals surface area contributed by atoms with Crippen LogP contribution in [0.4, 0.5) is 0 Å². The summed E-state index contributed by atoms with van der Waals surface area (Å²) in [6, 6.07) is 8.16. The summed E-state index contributed by atoms with van der Waals surface area (Å²) in [6.45, 7) is 3.48. The van der Waals surface area contributed by atoms with Gasteiger partial charge in [0.2, 0.25) is 0 Å². The van der Waals surface area contributed by atoms with Gasteiger partial charge in [-0.15, -0.1) is 0 Å². The standard InChI is InChI=1S/C13H19N3O/c1-10(17-2)9-16-12-6-4-3-5-11(12)15-13(16)7-8-14/h3-6,10H,7-9,14H2,1-2H3. The Bertz CT molecular complexity index is 492. The molecule has 0 saturated carbocycles. The smallest absolute Gasteiger partial charge is 0.111 e. The average molecular weight is 233 g/mol. The van der Waals surface area contributed by atoms with Gasteiger partial charge in [0.1, 0.15) is 5.82 Å². The molecule has 0 fully saturated rings. The molecule has 0 spiro atoms. The Labute approximate surface area is 101 Å². The van der Waals surface area contributed by atoms with Crippen LogP contribution in [0, 0.1) is 0 Å². The molecule has 4 nitrogen and oxygen atoms in total. The van der Waals surface area contributed by atoms with Crippen molar-refractivity contribution in [3.63, 3.8) is 0 Å². The van der Waals surface area contributed by atoms with Gasteiger partial charge in [-0.1, -0.05) is 12.1 Å². The fourth-order valence-corrected chi connectivity index (χ4v) is 1.98. The summed E-state index contributed by atoms with van der Waals surface area (Å²) < 4.78 is 7.53. The van der Waals surface area contributed by atoms with Crippen molar-refractivity contribution in [2.24, 2.45) is 5.73 Å². The second-order valence-electron chi connectivity index (χ2n) is 4.21. The predicted molar refractivity (Wildman–Crippen MR) is 69.0 cm³/mol. The number of ether oxygens (including phenoxy) is 1. The zero-order chi connectivity index (χ0) is 12.3. The van der Waals surface area contributed by atoms with Gasteiger partial charge in [-0.05, 0) is 25.6 Å². The lowest BCUT2D eigenvalue weighted by atomic mass is 10.3. The number of nitrogens with zero attached hydrogens (tertiary/aromatic N) is 2. The first-order valence-electron chi connectivity index (χ1n) is 5.93. The van der Waals surface area contributed by atoms with E-state index in [2.05, 4.69) is 22.5 Å². The van der Waals surface area contributed by atoms with Crippen LogP contribution in [-0.4, -0.2) is 29.3 Å². The lowest BCUT2D eigenvalue weighted by Gasteiger charge is -2.13. The van der Waals surface area contributed by atoms with E-state index < -0.39 is 0 Å². The Morgan fingerprint density at radius 3 is 2.88 bits per heavy atom. The molecule has 1 aromatic carbocycles. The van der Waals surface area contributed by atoms with Crippen molar-refractivity contribution >= 4 is 11.0 Å². The molecule has 2 rings (SSSR count). The van der Waals surface area contributed by atoms with Gasteiger partial charge >= 0.3 is 0 Å². The van der Waals surface area contributed by atoms with Gasteiger partial charge < -0.3 is 15.0 Å². The first-order valence-corrected chi connectivity index (χ1v) is 5.93. The highest BCUT2D eigenvalue weighted by Crippen LogP contribution is 2.17. The minimum Gasteiger partial charge on any atom is -0.380 e. The summed E-state index contributed by atoms with van der Waals surface area (Å²) in [7, 11) is 1.73. The zero-order valence-electron chi connectivity index (χ0n) is 10.4. The van der Waals surface area contributed by atoms with E-state index in [1.807, 2.05) is 18.2 Å². The third-order valence-electron chi connectivity index (χ3n) is 2.94. The summed E-state index contributed by atoms with van der Waals surface area (Å²) in [5.74, 6) is 1.04. The van der Waals surface area contributed by atoms with Crippen LogP contribution >= 0.6 is 0 Å². The van der Waals surface area contributed by atoms with Crippen LogP contribution in [0.1, 0.15) is 12.7 Å². The number of para-hydroxylation sites is 2. The zero-order valence-corrected chi connectivity index (χ0v) is 10.4. The molecule has 1 unspecified atom stereocenters. The van der Waals surface area contributed by atoms with E-state index in [0.29, 0.717) is 6.54 Å². The number of imidazole rings is 1. The molecular formula is C13H19N3O. The van der Waals surface area contributed by atoms with E-state index in [1.165, 1.54) is 0 Å². The van der Waals surface area contributed by atoms with Gasteiger partial charge in [-0.2, -0.15) is 0 Å². The maximum absolute atomic E-state index is 5.63. The maximum Gasteiger partial charge on any atom is 0.111 e. The normalized spacial score (nSPS) is 13.1. The Morgan fingerprint density at radius 2 is 2.18 bits per heavy atom. The number of benzene rings is 1. The lowest BCUT2D eigenvalue weighted by Crippen LogP contribution is -2.18. The van der Waals surface area contributed by atoms with Crippen LogP contribution < -0.4 is 5.73 Å². The van der Waals surface area contributed by atoms with Crippen molar-refractivity contribution in [3.05, 3.63) is 30.1 Å². The first-order chi connectivity index (χ1) is 8.26. The monoisotopic (exact) mass is 233 g/mol. The van der Waals surface area contributed by atoms with E-state index in [-0.39, 0.29) is 6.10 Å². The Morgan fingerprint density at radius 1 is 1.41 bits per heavy atom. The van der Waals surface area contributed by atoms with E-state index in [1.54, 1.807) is 7.11 Å². The summed E-state index contributed by atoms with van der Waals surface area (Å²) in [5, 5.41) is 0. The predicted octanol–water partition coefficient (Wildman–Crippen LogP) is 1.57. The summed E-state index contributed by atoms with van der Waals surface area (Å²) >= 11 is 0. The Balaban J connectivity index is 2.44. The second-order valence-corrected chi connectivity index (χ2v) is 4.21. The van der Waals surface area contributed by atoms with Crippen LogP contribution in [0.3, 0.4) is 0 Å². The fraction of sp³-hybridized carbons (Fsp3) is 0.462. The SMILES string of the molecule is COC(C)Cn1c(CCN)nc2ccccc21. The van der Waals surface area contributed by atoms with Gasteiger partial charge in [0.05, 0.1) is 23.7 Å². The highest BCUT2D eigenvalue weighted by molar-refractivity contribution is 5.75. The third kappa shape index (κ3) is 2.48. The van der Waals surface area contributed by atoms with Gasteiger partial charge in [0, 0.05) is 13.5 Å². The van der Waals surface area contributed by atoms with Gasteiger partial charge in [-0.25, -0.2) is 4.98 Å².